The summed E-state index contributed by atoms with van der Waals surface area (Å²) < 4.78 is 0. The lowest BCUT2D eigenvalue weighted by Gasteiger charge is -2.05. The second kappa shape index (κ2) is 6.99. The summed E-state index contributed by atoms with van der Waals surface area (Å²) in [6.45, 7) is 0. The average molecular weight is 340 g/mol. The van der Waals surface area contributed by atoms with E-state index < -0.39 is 0 Å². The van der Waals surface area contributed by atoms with Gasteiger partial charge in [0.1, 0.15) is 5.03 Å². The minimum absolute atomic E-state index is 0.0538. The molecule has 0 unspecified atom stereocenters. The van der Waals surface area contributed by atoms with Crippen LogP contribution in [-0.4, -0.2) is 17.0 Å². The van der Waals surface area contributed by atoms with Crippen molar-refractivity contribution in [1.29, 1.82) is 0 Å². The molecule has 0 aliphatic rings. The van der Waals surface area contributed by atoms with E-state index in [0.29, 0.717) is 10.6 Å². The Kier molecular flexibility index (Phi) is 4.79. The Morgan fingerprint density at radius 2 is 1.87 bits per heavy atom. The molecule has 1 aromatic heterocycles. The molecule has 0 N–H and O–H groups in total. The summed E-state index contributed by atoms with van der Waals surface area (Å²) in [4.78, 5) is 16.9. The van der Waals surface area contributed by atoms with Crippen LogP contribution < -0.4 is 0 Å². The number of halogens is 1. The molecule has 114 valence electrons. The number of fused-ring (bicyclic) bond motifs is 1. The average Bonchev–Trinajstić information content (AvgIpc) is 2.59. The number of thioether (sulfide) groups is 1. The Morgan fingerprint density at radius 1 is 1.13 bits per heavy atom. The van der Waals surface area contributed by atoms with Crippen LogP contribution in [0.25, 0.3) is 17.0 Å². The van der Waals surface area contributed by atoms with Crippen molar-refractivity contribution in [3.63, 3.8) is 0 Å². The van der Waals surface area contributed by atoms with Gasteiger partial charge in [0.2, 0.25) is 0 Å². The molecule has 0 saturated heterocycles. The van der Waals surface area contributed by atoms with Gasteiger partial charge < -0.3 is 0 Å². The van der Waals surface area contributed by atoms with Crippen molar-refractivity contribution < 1.29 is 4.79 Å². The molecule has 1 heterocycles. The van der Waals surface area contributed by atoms with Crippen molar-refractivity contribution in [2.75, 3.05) is 6.26 Å². The zero-order valence-corrected chi connectivity index (χ0v) is 14.1. The van der Waals surface area contributed by atoms with Crippen LogP contribution in [0.2, 0.25) is 5.02 Å². The van der Waals surface area contributed by atoms with Crippen LogP contribution in [-0.2, 0) is 0 Å². The van der Waals surface area contributed by atoms with E-state index in [1.807, 2.05) is 36.6 Å². The third-order valence-corrected chi connectivity index (χ3v) is 4.42. The van der Waals surface area contributed by atoms with Crippen molar-refractivity contribution in [1.82, 2.24) is 4.98 Å². The molecule has 3 rings (SSSR count). The van der Waals surface area contributed by atoms with Crippen molar-refractivity contribution >= 4 is 46.1 Å². The van der Waals surface area contributed by atoms with Crippen LogP contribution in [0, 0.1) is 0 Å². The molecule has 0 radical (unpaired) electrons. The van der Waals surface area contributed by atoms with E-state index in [0.717, 1.165) is 21.5 Å². The summed E-state index contributed by atoms with van der Waals surface area (Å²) in [6, 6.07) is 16.9. The van der Waals surface area contributed by atoms with Crippen LogP contribution in [0.15, 0.2) is 65.7 Å². The van der Waals surface area contributed by atoms with E-state index in [1.165, 1.54) is 0 Å². The van der Waals surface area contributed by atoms with E-state index in [2.05, 4.69) is 11.1 Å². The van der Waals surface area contributed by atoms with Crippen LogP contribution in [0.5, 0.6) is 0 Å². The summed E-state index contributed by atoms with van der Waals surface area (Å²) in [5, 5.41) is 2.58. The predicted molar refractivity (Wildman–Crippen MR) is 98.3 cm³/mol. The number of allylic oxidation sites excluding steroid dienone is 1. The van der Waals surface area contributed by atoms with E-state index in [9.17, 15) is 4.79 Å². The van der Waals surface area contributed by atoms with Crippen LogP contribution in [0.4, 0.5) is 0 Å². The van der Waals surface area contributed by atoms with Crippen molar-refractivity contribution in [3.8, 4) is 0 Å². The molecule has 0 saturated carbocycles. The van der Waals surface area contributed by atoms with Gasteiger partial charge in [-0.05, 0) is 54.8 Å². The molecule has 0 amide bonds. The van der Waals surface area contributed by atoms with E-state index in [-0.39, 0.29) is 5.78 Å². The zero-order chi connectivity index (χ0) is 16.2. The minimum Gasteiger partial charge on any atom is -0.289 e. The highest BCUT2D eigenvalue weighted by atomic mass is 35.5. The molecule has 0 bridgehead atoms. The number of pyridine rings is 1. The number of rotatable bonds is 4. The first-order valence-corrected chi connectivity index (χ1v) is 8.69. The number of aromatic nitrogens is 1. The number of carbonyl (C=O) groups excluding carboxylic acids is 1. The predicted octanol–water partition coefficient (Wildman–Crippen LogP) is 5.51. The highest BCUT2D eigenvalue weighted by Crippen LogP contribution is 2.24. The van der Waals surface area contributed by atoms with Gasteiger partial charge in [0, 0.05) is 21.5 Å². The zero-order valence-electron chi connectivity index (χ0n) is 12.5. The topological polar surface area (TPSA) is 30.0 Å². The molecule has 2 aromatic carbocycles. The normalized spacial score (nSPS) is 11.2. The molecule has 23 heavy (non-hydrogen) atoms. The fraction of sp³-hybridized carbons (Fsp3) is 0.0526. The molecule has 0 atom stereocenters. The van der Waals surface area contributed by atoms with Gasteiger partial charge in [-0.3, -0.25) is 4.79 Å². The van der Waals surface area contributed by atoms with Crippen LogP contribution in [0.3, 0.4) is 0 Å². The fourth-order valence-corrected chi connectivity index (χ4v) is 2.95. The Morgan fingerprint density at radius 3 is 2.61 bits per heavy atom. The molecule has 0 aliphatic carbocycles. The summed E-state index contributed by atoms with van der Waals surface area (Å²) in [6.07, 6.45) is 5.38. The molecular weight excluding hydrogens is 326 g/mol. The number of nitrogens with zero attached hydrogens (tertiary/aromatic N) is 1. The highest BCUT2D eigenvalue weighted by molar-refractivity contribution is 7.98. The van der Waals surface area contributed by atoms with Gasteiger partial charge in [-0.25, -0.2) is 4.98 Å². The summed E-state index contributed by atoms with van der Waals surface area (Å²) >= 11 is 7.41. The minimum atomic E-state index is -0.0538. The van der Waals surface area contributed by atoms with E-state index in [4.69, 9.17) is 11.6 Å². The Balaban J connectivity index is 1.93. The van der Waals surface area contributed by atoms with E-state index >= 15 is 0 Å². The van der Waals surface area contributed by atoms with Gasteiger partial charge in [-0.15, -0.1) is 11.8 Å². The van der Waals surface area contributed by atoms with Crippen LogP contribution in [0.1, 0.15) is 15.9 Å². The summed E-state index contributed by atoms with van der Waals surface area (Å²) in [7, 11) is 0. The SMILES string of the molecule is CSc1nc2ccccc2cc1C=CC(=O)c1ccc(Cl)cc1. The second-order valence-electron chi connectivity index (χ2n) is 4.98. The van der Waals surface area contributed by atoms with Gasteiger partial charge in [0.25, 0.3) is 0 Å². The Bertz CT molecular complexity index is 888. The first kappa shape index (κ1) is 15.8. The smallest absolute Gasteiger partial charge is 0.185 e. The van der Waals surface area contributed by atoms with Gasteiger partial charge in [-0.2, -0.15) is 0 Å². The molecule has 4 heteroatoms. The van der Waals surface area contributed by atoms with E-state index in [1.54, 1.807) is 42.1 Å². The quantitative estimate of drug-likeness (QED) is 0.357. The number of ketones is 1. The molecule has 0 fully saturated rings. The molecule has 0 aliphatic heterocycles. The number of carbonyl (C=O) groups is 1. The second-order valence-corrected chi connectivity index (χ2v) is 6.22. The third-order valence-electron chi connectivity index (χ3n) is 3.45. The fourth-order valence-electron chi connectivity index (χ4n) is 2.27. The highest BCUT2D eigenvalue weighted by Gasteiger charge is 2.05. The Labute approximate surface area is 144 Å². The lowest BCUT2D eigenvalue weighted by molar-refractivity contribution is 0.104. The molecule has 2 nitrogen and oxygen atoms in total. The molecule has 3 aromatic rings. The van der Waals surface area contributed by atoms with Gasteiger partial charge in [0.15, 0.2) is 5.78 Å². The lowest BCUT2D eigenvalue weighted by Crippen LogP contribution is -1.94. The maximum Gasteiger partial charge on any atom is 0.185 e. The van der Waals surface area contributed by atoms with Gasteiger partial charge in [0.05, 0.1) is 5.52 Å². The number of para-hydroxylation sites is 1. The summed E-state index contributed by atoms with van der Waals surface area (Å²) in [5.41, 5.74) is 2.52. The number of benzene rings is 2. The number of hydrogen-bond acceptors (Lipinski definition) is 3. The largest absolute Gasteiger partial charge is 0.289 e. The summed E-state index contributed by atoms with van der Waals surface area (Å²) in [5.74, 6) is -0.0538. The first-order valence-electron chi connectivity index (χ1n) is 7.09. The third kappa shape index (κ3) is 3.63. The monoisotopic (exact) mass is 339 g/mol. The lowest BCUT2D eigenvalue weighted by atomic mass is 10.1. The first-order chi connectivity index (χ1) is 11.2. The number of hydrogen-bond donors (Lipinski definition) is 0. The van der Waals surface area contributed by atoms with Gasteiger partial charge in [-0.1, -0.05) is 29.8 Å². The van der Waals surface area contributed by atoms with Crippen molar-refractivity contribution in [2.24, 2.45) is 0 Å². The maximum atomic E-state index is 12.2. The Hall–Kier alpha value is -2.10. The molecule has 0 spiro atoms. The maximum absolute atomic E-state index is 12.2. The van der Waals surface area contributed by atoms with Gasteiger partial charge >= 0.3 is 0 Å². The van der Waals surface area contributed by atoms with Crippen LogP contribution >= 0.6 is 23.4 Å². The molecular formula is C19H14ClNOS. The van der Waals surface area contributed by atoms with Crippen molar-refractivity contribution in [3.05, 3.63) is 76.8 Å². The standard InChI is InChI=1S/C19H14ClNOS/c1-23-19-15(12-14-4-2-3-5-17(14)21-19)8-11-18(22)13-6-9-16(20)10-7-13/h2-12H,1H3. The van der Waals surface area contributed by atoms with Crippen molar-refractivity contribution in [2.45, 2.75) is 5.03 Å².